The number of fused-ring (bicyclic) bond motifs is 1. The predicted octanol–water partition coefficient (Wildman–Crippen LogP) is 1.59. The summed E-state index contributed by atoms with van der Waals surface area (Å²) in [5, 5.41) is 2.84. The van der Waals surface area contributed by atoms with Gasteiger partial charge in [0.15, 0.2) is 0 Å². The Morgan fingerprint density at radius 1 is 1.27 bits per heavy atom. The molecule has 0 fully saturated rings. The quantitative estimate of drug-likeness (QED) is 0.936. The highest BCUT2D eigenvalue weighted by Gasteiger charge is 2.33. The molecule has 0 saturated carbocycles. The Kier molecular flexibility index (Phi) is 3.58. The van der Waals surface area contributed by atoms with Crippen LogP contribution in [0.4, 0.5) is 5.69 Å². The zero-order chi connectivity index (χ0) is 15.7. The summed E-state index contributed by atoms with van der Waals surface area (Å²) in [6.07, 6.45) is 1.81. The van der Waals surface area contributed by atoms with E-state index in [1.807, 2.05) is 12.3 Å². The molecule has 1 aromatic carbocycles. The van der Waals surface area contributed by atoms with Gasteiger partial charge in [-0.3, -0.25) is 9.59 Å². The number of aromatic nitrogens is 1. The van der Waals surface area contributed by atoms with Gasteiger partial charge in [0.25, 0.3) is 5.91 Å². The Hall–Kier alpha value is -2.76. The zero-order valence-electron chi connectivity index (χ0n) is 12.4. The van der Waals surface area contributed by atoms with Crippen LogP contribution in [0.1, 0.15) is 10.5 Å². The molecule has 1 aromatic heterocycles. The lowest BCUT2D eigenvalue weighted by molar-refractivity contribution is -0.120. The Bertz CT molecular complexity index is 706. The fourth-order valence-electron chi connectivity index (χ4n) is 2.56. The average molecular weight is 299 g/mol. The first-order chi connectivity index (χ1) is 10.6. The number of nitrogens with zero attached hydrogens (tertiary/aromatic N) is 2. The highest BCUT2D eigenvalue weighted by atomic mass is 16.5. The van der Waals surface area contributed by atoms with Crippen molar-refractivity contribution < 1.29 is 14.3 Å². The number of anilines is 1. The first-order valence-electron chi connectivity index (χ1n) is 6.97. The third-order valence-electron chi connectivity index (χ3n) is 3.87. The van der Waals surface area contributed by atoms with Crippen molar-refractivity contribution in [3.63, 3.8) is 0 Å². The van der Waals surface area contributed by atoms with Crippen molar-refractivity contribution in [1.82, 2.24) is 9.47 Å². The second-order valence-corrected chi connectivity index (χ2v) is 5.20. The van der Waals surface area contributed by atoms with Crippen molar-refractivity contribution in [2.24, 2.45) is 0 Å². The summed E-state index contributed by atoms with van der Waals surface area (Å²) >= 11 is 0. The lowest BCUT2D eigenvalue weighted by Crippen LogP contribution is -2.51. The molecule has 1 aliphatic heterocycles. The molecule has 1 aliphatic rings. The zero-order valence-corrected chi connectivity index (χ0v) is 12.4. The van der Waals surface area contributed by atoms with E-state index in [0.29, 0.717) is 17.9 Å². The minimum absolute atomic E-state index is 0.147. The minimum atomic E-state index is -0.533. The third kappa shape index (κ3) is 2.43. The van der Waals surface area contributed by atoms with Crippen LogP contribution in [0.3, 0.4) is 0 Å². The number of likely N-dealkylation sites (N-methyl/N-ethyl adjacent to an activating group) is 1. The maximum absolute atomic E-state index is 12.5. The lowest BCUT2D eigenvalue weighted by atomic mass is 10.1. The summed E-state index contributed by atoms with van der Waals surface area (Å²) in [4.78, 5) is 26.2. The first-order valence-corrected chi connectivity index (χ1v) is 6.97. The summed E-state index contributed by atoms with van der Waals surface area (Å²) in [6.45, 7) is 0.451. The van der Waals surface area contributed by atoms with Crippen molar-refractivity contribution in [2.75, 3.05) is 19.5 Å². The van der Waals surface area contributed by atoms with Gasteiger partial charge in [-0.15, -0.1) is 0 Å². The van der Waals surface area contributed by atoms with Gasteiger partial charge < -0.3 is 19.5 Å². The van der Waals surface area contributed by atoms with Gasteiger partial charge in [-0.2, -0.15) is 0 Å². The van der Waals surface area contributed by atoms with E-state index in [1.54, 1.807) is 49.1 Å². The monoisotopic (exact) mass is 299 g/mol. The molecule has 1 N–H and O–H groups in total. The van der Waals surface area contributed by atoms with Crippen LogP contribution in [-0.2, 0) is 11.3 Å². The summed E-state index contributed by atoms with van der Waals surface area (Å²) in [6, 6.07) is 10.1. The summed E-state index contributed by atoms with van der Waals surface area (Å²) < 4.78 is 6.89. The summed E-state index contributed by atoms with van der Waals surface area (Å²) in [5.74, 6) is 0.367. The van der Waals surface area contributed by atoms with E-state index in [0.717, 1.165) is 5.75 Å². The van der Waals surface area contributed by atoms with Crippen molar-refractivity contribution in [3.05, 3.63) is 48.3 Å². The van der Waals surface area contributed by atoms with Gasteiger partial charge in [0.2, 0.25) is 5.91 Å². The number of nitrogens with one attached hydrogen (secondary N) is 1. The molecule has 2 aromatic rings. The van der Waals surface area contributed by atoms with Crippen LogP contribution < -0.4 is 10.1 Å². The van der Waals surface area contributed by atoms with Crippen molar-refractivity contribution in [1.29, 1.82) is 0 Å². The number of carbonyl (C=O) groups is 2. The fourth-order valence-corrected chi connectivity index (χ4v) is 2.56. The Balaban J connectivity index is 1.76. The fraction of sp³-hybridized carbons (Fsp3) is 0.250. The van der Waals surface area contributed by atoms with Gasteiger partial charge in [0.1, 0.15) is 17.5 Å². The van der Waals surface area contributed by atoms with Crippen molar-refractivity contribution >= 4 is 17.5 Å². The molecule has 0 aliphatic carbocycles. The lowest BCUT2D eigenvalue weighted by Gasteiger charge is -2.32. The molecule has 2 amide bonds. The van der Waals surface area contributed by atoms with Gasteiger partial charge in [-0.05, 0) is 36.4 Å². The predicted molar refractivity (Wildman–Crippen MR) is 81.9 cm³/mol. The second-order valence-electron chi connectivity index (χ2n) is 5.20. The number of benzene rings is 1. The summed E-state index contributed by atoms with van der Waals surface area (Å²) in [5.41, 5.74) is 1.28. The maximum atomic E-state index is 12.5. The molecule has 0 saturated heterocycles. The number of hydrogen-bond acceptors (Lipinski definition) is 3. The normalized spacial score (nSPS) is 17.1. The van der Waals surface area contributed by atoms with E-state index in [4.69, 9.17) is 4.74 Å². The van der Waals surface area contributed by atoms with Crippen LogP contribution in [-0.4, -0.2) is 41.5 Å². The molecule has 6 nitrogen and oxygen atoms in total. The van der Waals surface area contributed by atoms with Gasteiger partial charge in [-0.25, -0.2) is 0 Å². The Morgan fingerprint density at radius 2 is 2.00 bits per heavy atom. The number of ether oxygens (including phenoxy) is 1. The standard InChI is InChI=1S/C16H17N3O3/c1-18-14(10-19-9-3-4-13(19)16(18)21)15(20)17-11-5-7-12(22-2)8-6-11/h3-9,14H,10H2,1-2H3,(H,17,20). The van der Waals surface area contributed by atoms with Crippen LogP contribution in [0.5, 0.6) is 5.75 Å². The molecule has 2 heterocycles. The highest BCUT2D eigenvalue weighted by Crippen LogP contribution is 2.19. The SMILES string of the molecule is COc1ccc(NC(=O)C2Cn3cccc3C(=O)N2C)cc1. The molecular weight excluding hydrogens is 282 g/mol. The van der Waals surface area contributed by atoms with E-state index < -0.39 is 6.04 Å². The van der Waals surface area contributed by atoms with Crippen LogP contribution in [0.15, 0.2) is 42.6 Å². The van der Waals surface area contributed by atoms with Crippen LogP contribution in [0.25, 0.3) is 0 Å². The molecule has 1 atom stereocenters. The maximum Gasteiger partial charge on any atom is 0.270 e. The second kappa shape index (κ2) is 5.55. The largest absolute Gasteiger partial charge is 0.497 e. The molecule has 0 radical (unpaired) electrons. The van der Waals surface area contributed by atoms with Crippen LogP contribution >= 0.6 is 0 Å². The molecule has 114 valence electrons. The molecule has 6 heteroatoms. The van der Waals surface area contributed by atoms with Crippen LogP contribution in [0, 0.1) is 0 Å². The number of hydrogen-bond donors (Lipinski definition) is 1. The molecule has 0 bridgehead atoms. The molecule has 3 rings (SSSR count). The van der Waals surface area contributed by atoms with E-state index in [2.05, 4.69) is 5.32 Å². The van der Waals surface area contributed by atoms with Crippen molar-refractivity contribution in [2.45, 2.75) is 12.6 Å². The van der Waals surface area contributed by atoms with E-state index >= 15 is 0 Å². The van der Waals surface area contributed by atoms with E-state index in [9.17, 15) is 9.59 Å². The Morgan fingerprint density at radius 3 is 2.68 bits per heavy atom. The number of methoxy groups -OCH3 is 1. The first kappa shape index (κ1) is 14.2. The number of amides is 2. The number of carbonyl (C=O) groups excluding carboxylic acids is 2. The smallest absolute Gasteiger partial charge is 0.270 e. The van der Waals surface area contributed by atoms with Crippen molar-refractivity contribution in [3.8, 4) is 5.75 Å². The average Bonchev–Trinajstić information content (AvgIpc) is 3.00. The van der Waals surface area contributed by atoms with Gasteiger partial charge in [-0.1, -0.05) is 0 Å². The molecular formula is C16H17N3O3. The molecule has 0 spiro atoms. The molecule has 1 unspecified atom stereocenters. The third-order valence-corrected chi connectivity index (χ3v) is 3.87. The van der Waals surface area contributed by atoms with Gasteiger partial charge in [0.05, 0.1) is 13.7 Å². The molecule has 22 heavy (non-hydrogen) atoms. The topological polar surface area (TPSA) is 63.6 Å². The Labute approximate surface area is 128 Å². The van der Waals surface area contributed by atoms with Gasteiger partial charge >= 0.3 is 0 Å². The van der Waals surface area contributed by atoms with Crippen LogP contribution in [0.2, 0.25) is 0 Å². The van der Waals surface area contributed by atoms with E-state index in [-0.39, 0.29) is 11.8 Å². The summed E-state index contributed by atoms with van der Waals surface area (Å²) in [7, 11) is 3.24. The highest BCUT2D eigenvalue weighted by molar-refractivity contribution is 6.01. The minimum Gasteiger partial charge on any atom is -0.497 e. The van der Waals surface area contributed by atoms with E-state index in [1.165, 1.54) is 4.90 Å². The number of rotatable bonds is 3. The van der Waals surface area contributed by atoms with Gasteiger partial charge in [0, 0.05) is 18.9 Å².